The van der Waals surface area contributed by atoms with Gasteiger partial charge in [-0.05, 0) is 31.2 Å². The number of aryl methyl sites for hydroxylation is 1. The maximum Gasteiger partial charge on any atom is 0.274 e. The number of nitro groups is 1. The van der Waals surface area contributed by atoms with Crippen molar-refractivity contribution in [2.24, 2.45) is 0 Å². The Balaban J connectivity index is 2.07. The van der Waals surface area contributed by atoms with E-state index in [-0.39, 0.29) is 17.3 Å². The third-order valence-corrected chi connectivity index (χ3v) is 3.28. The Labute approximate surface area is 131 Å². The van der Waals surface area contributed by atoms with E-state index in [4.69, 9.17) is 0 Å². The van der Waals surface area contributed by atoms with E-state index in [9.17, 15) is 14.9 Å². The van der Waals surface area contributed by atoms with Crippen LogP contribution in [-0.4, -0.2) is 20.8 Å². The molecule has 0 unspecified atom stereocenters. The molecule has 0 atom stereocenters. The highest BCUT2D eigenvalue weighted by atomic mass is 16.6. The lowest BCUT2D eigenvalue weighted by molar-refractivity contribution is -0.384. The highest BCUT2D eigenvalue weighted by molar-refractivity contribution is 6.08. The van der Waals surface area contributed by atoms with Gasteiger partial charge < -0.3 is 5.32 Å². The monoisotopic (exact) mass is 308 g/mol. The molecule has 23 heavy (non-hydrogen) atoms. The van der Waals surface area contributed by atoms with Crippen LogP contribution in [0.2, 0.25) is 0 Å². The third kappa shape index (κ3) is 2.98. The Bertz CT molecular complexity index is 910. The van der Waals surface area contributed by atoms with Gasteiger partial charge in [0.15, 0.2) is 0 Å². The topological polar surface area (TPSA) is 98.0 Å². The second-order valence-electron chi connectivity index (χ2n) is 4.94. The van der Waals surface area contributed by atoms with Crippen molar-refractivity contribution in [2.45, 2.75) is 6.92 Å². The second kappa shape index (κ2) is 5.80. The van der Waals surface area contributed by atoms with Crippen LogP contribution in [0.15, 0.2) is 48.7 Å². The smallest absolute Gasteiger partial charge is 0.274 e. The van der Waals surface area contributed by atoms with Crippen LogP contribution in [-0.2, 0) is 0 Å². The fraction of sp³-hybridized carbons (Fsp3) is 0.0625. The summed E-state index contributed by atoms with van der Waals surface area (Å²) in [6, 6.07) is 11.0. The zero-order chi connectivity index (χ0) is 16.4. The van der Waals surface area contributed by atoms with Crippen LogP contribution in [0.25, 0.3) is 10.9 Å². The lowest BCUT2D eigenvalue weighted by atomic mass is 10.1. The molecule has 0 aliphatic rings. The molecule has 3 aromatic rings. The molecule has 114 valence electrons. The molecule has 1 N–H and O–H groups in total. The first kappa shape index (κ1) is 14.6. The number of hydrogen-bond acceptors (Lipinski definition) is 5. The molecule has 0 bridgehead atoms. The molecule has 1 aromatic carbocycles. The Morgan fingerprint density at radius 3 is 2.74 bits per heavy atom. The summed E-state index contributed by atoms with van der Waals surface area (Å²) in [5, 5.41) is 14.2. The van der Waals surface area contributed by atoms with E-state index < -0.39 is 4.92 Å². The van der Waals surface area contributed by atoms with E-state index in [1.54, 1.807) is 37.3 Å². The molecular weight excluding hydrogens is 296 g/mol. The van der Waals surface area contributed by atoms with Crippen LogP contribution < -0.4 is 5.32 Å². The first-order chi connectivity index (χ1) is 11.0. The average Bonchev–Trinajstić information content (AvgIpc) is 2.55. The van der Waals surface area contributed by atoms with E-state index >= 15 is 0 Å². The first-order valence-corrected chi connectivity index (χ1v) is 6.83. The van der Waals surface area contributed by atoms with Gasteiger partial charge in [-0.15, -0.1) is 0 Å². The van der Waals surface area contributed by atoms with Gasteiger partial charge in [0.25, 0.3) is 11.6 Å². The molecule has 7 heteroatoms. The minimum atomic E-state index is -0.482. The first-order valence-electron chi connectivity index (χ1n) is 6.83. The lowest BCUT2D eigenvalue weighted by Crippen LogP contribution is -2.14. The highest BCUT2D eigenvalue weighted by Gasteiger charge is 2.14. The number of nitrogens with one attached hydrogen (secondary N) is 1. The van der Waals surface area contributed by atoms with Gasteiger partial charge in [0.05, 0.1) is 16.1 Å². The van der Waals surface area contributed by atoms with Crippen molar-refractivity contribution in [1.82, 2.24) is 9.97 Å². The summed E-state index contributed by atoms with van der Waals surface area (Å²) < 4.78 is 0. The van der Waals surface area contributed by atoms with Crippen molar-refractivity contribution >= 4 is 28.2 Å². The van der Waals surface area contributed by atoms with Gasteiger partial charge in [0.2, 0.25) is 0 Å². The second-order valence-corrected chi connectivity index (χ2v) is 4.94. The number of anilines is 1. The number of benzene rings is 1. The van der Waals surface area contributed by atoms with Crippen LogP contribution in [0.5, 0.6) is 0 Å². The summed E-state index contributed by atoms with van der Waals surface area (Å²) in [7, 11) is 0. The molecule has 0 radical (unpaired) electrons. The predicted octanol–water partition coefficient (Wildman–Crippen LogP) is 3.10. The van der Waals surface area contributed by atoms with Crippen LogP contribution >= 0.6 is 0 Å². The number of nitrogens with zero attached hydrogens (tertiary/aromatic N) is 3. The lowest BCUT2D eigenvalue weighted by Gasteiger charge is -2.09. The van der Waals surface area contributed by atoms with Gasteiger partial charge in [-0.3, -0.25) is 24.9 Å². The molecular formula is C16H12N4O3. The Kier molecular flexibility index (Phi) is 3.68. The average molecular weight is 308 g/mol. The van der Waals surface area contributed by atoms with Crippen molar-refractivity contribution in [1.29, 1.82) is 0 Å². The van der Waals surface area contributed by atoms with Crippen LogP contribution in [0.1, 0.15) is 16.2 Å². The SMILES string of the molecule is Cc1cc(NC(=O)c2ccccn2)c2cc([N+](=O)[O-])ccc2n1. The zero-order valence-electron chi connectivity index (χ0n) is 12.2. The fourth-order valence-corrected chi connectivity index (χ4v) is 2.25. The van der Waals surface area contributed by atoms with Crippen molar-refractivity contribution in [3.8, 4) is 0 Å². The molecule has 3 rings (SSSR count). The van der Waals surface area contributed by atoms with E-state index in [1.807, 2.05) is 0 Å². The van der Waals surface area contributed by atoms with Crippen molar-refractivity contribution in [3.05, 3.63) is 70.2 Å². The van der Waals surface area contributed by atoms with E-state index in [2.05, 4.69) is 15.3 Å². The number of hydrogen-bond donors (Lipinski definition) is 1. The molecule has 0 saturated carbocycles. The number of fused-ring (bicyclic) bond motifs is 1. The minimum absolute atomic E-state index is 0.0588. The number of pyridine rings is 2. The maximum absolute atomic E-state index is 12.3. The molecule has 0 aliphatic carbocycles. The van der Waals surface area contributed by atoms with Gasteiger partial charge >= 0.3 is 0 Å². The standard InChI is InChI=1S/C16H12N4O3/c1-10-8-15(19-16(21)14-4-2-3-7-17-14)12-9-11(20(22)23)5-6-13(12)18-10/h2-9H,1H3,(H,18,19,21). The number of aromatic nitrogens is 2. The summed E-state index contributed by atoms with van der Waals surface area (Å²) in [6.07, 6.45) is 1.52. The molecule has 2 aromatic heterocycles. The molecule has 0 spiro atoms. The summed E-state index contributed by atoms with van der Waals surface area (Å²) in [4.78, 5) is 31.0. The van der Waals surface area contributed by atoms with Crippen LogP contribution in [0, 0.1) is 17.0 Å². The number of rotatable bonds is 3. The number of nitro benzene ring substituents is 1. The number of non-ortho nitro benzene ring substituents is 1. The predicted molar refractivity (Wildman–Crippen MR) is 85.3 cm³/mol. The van der Waals surface area contributed by atoms with Crippen molar-refractivity contribution in [3.63, 3.8) is 0 Å². The van der Waals surface area contributed by atoms with Gasteiger partial charge in [0, 0.05) is 29.4 Å². The fourth-order valence-electron chi connectivity index (χ4n) is 2.25. The largest absolute Gasteiger partial charge is 0.320 e. The number of carbonyl (C=O) groups is 1. The zero-order valence-corrected chi connectivity index (χ0v) is 12.2. The highest BCUT2D eigenvalue weighted by Crippen LogP contribution is 2.27. The Hall–Kier alpha value is -3.35. The molecule has 2 heterocycles. The third-order valence-electron chi connectivity index (χ3n) is 3.28. The Morgan fingerprint density at radius 1 is 1.22 bits per heavy atom. The Morgan fingerprint density at radius 2 is 2.04 bits per heavy atom. The van der Waals surface area contributed by atoms with E-state index in [0.717, 1.165) is 0 Å². The number of amides is 1. The molecule has 0 fully saturated rings. The minimum Gasteiger partial charge on any atom is -0.320 e. The normalized spacial score (nSPS) is 10.5. The van der Waals surface area contributed by atoms with Crippen LogP contribution in [0.3, 0.4) is 0 Å². The number of carbonyl (C=O) groups excluding carboxylic acids is 1. The summed E-state index contributed by atoms with van der Waals surface area (Å²) in [6.45, 7) is 1.79. The van der Waals surface area contributed by atoms with Crippen molar-refractivity contribution in [2.75, 3.05) is 5.32 Å². The van der Waals surface area contributed by atoms with Gasteiger partial charge in [-0.25, -0.2) is 0 Å². The summed E-state index contributed by atoms with van der Waals surface area (Å²) >= 11 is 0. The molecule has 7 nitrogen and oxygen atoms in total. The van der Waals surface area contributed by atoms with E-state index in [1.165, 1.54) is 18.3 Å². The van der Waals surface area contributed by atoms with E-state index in [0.29, 0.717) is 22.3 Å². The summed E-state index contributed by atoms with van der Waals surface area (Å²) in [5.41, 5.74) is 1.94. The van der Waals surface area contributed by atoms with Gasteiger partial charge in [-0.1, -0.05) is 6.07 Å². The quantitative estimate of drug-likeness (QED) is 0.592. The van der Waals surface area contributed by atoms with Crippen molar-refractivity contribution < 1.29 is 9.72 Å². The molecule has 0 aliphatic heterocycles. The summed E-state index contributed by atoms with van der Waals surface area (Å²) in [5.74, 6) is -0.385. The van der Waals surface area contributed by atoms with Gasteiger partial charge in [-0.2, -0.15) is 0 Å². The molecule has 1 amide bonds. The van der Waals surface area contributed by atoms with Gasteiger partial charge in [0.1, 0.15) is 5.69 Å². The van der Waals surface area contributed by atoms with Crippen LogP contribution in [0.4, 0.5) is 11.4 Å². The molecule has 0 saturated heterocycles. The maximum atomic E-state index is 12.3.